The van der Waals surface area contributed by atoms with Crippen LogP contribution < -0.4 is 10.1 Å². The Morgan fingerprint density at radius 3 is 2.72 bits per heavy atom. The topological polar surface area (TPSA) is 76.4 Å². The first-order valence-electron chi connectivity index (χ1n) is 5.99. The van der Waals surface area contributed by atoms with Crippen LogP contribution in [0.5, 0.6) is 5.88 Å². The molecule has 0 fully saturated rings. The molecule has 1 atom stereocenters. The van der Waals surface area contributed by atoms with Gasteiger partial charge < -0.3 is 15.2 Å². The van der Waals surface area contributed by atoms with Gasteiger partial charge in [-0.05, 0) is 12.3 Å². The summed E-state index contributed by atoms with van der Waals surface area (Å²) in [6.45, 7) is 4.05. The second kappa shape index (κ2) is 6.39. The zero-order valence-corrected chi connectivity index (χ0v) is 11.3. The van der Waals surface area contributed by atoms with Gasteiger partial charge in [-0.25, -0.2) is 4.68 Å². The van der Waals surface area contributed by atoms with E-state index in [9.17, 15) is 4.79 Å². The van der Waals surface area contributed by atoms with Crippen LogP contribution in [0.3, 0.4) is 0 Å². The van der Waals surface area contributed by atoms with E-state index < -0.39 is 0 Å². The van der Waals surface area contributed by atoms with Gasteiger partial charge in [-0.15, -0.1) is 0 Å². The van der Waals surface area contributed by atoms with Crippen molar-refractivity contribution < 1.29 is 14.6 Å². The molecule has 1 heterocycles. The van der Waals surface area contributed by atoms with Crippen molar-refractivity contribution in [2.24, 2.45) is 13.0 Å². The highest BCUT2D eigenvalue weighted by molar-refractivity contribution is 5.92. The summed E-state index contributed by atoms with van der Waals surface area (Å²) in [5.74, 6) is 0.538. The minimum absolute atomic E-state index is 0.0503. The molecule has 0 radical (unpaired) electrons. The van der Waals surface area contributed by atoms with Crippen LogP contribution in [-0.2, 0) is 7.05 Å². The normalized spacial score (nSPS) is 12.6. The fraction of sp³-hybridized carbons (Fsp3) is 0.667. The van der Waals surface area contributed by atoms with Crippen LogP contribution in [-0.4, -0.2) is 40.6 Å². The summed E-state index contributed by atoms with van der Waals surface area (Å²) < 4.78 is 6.56. The summed E-state index contributed by atoms with van der Waals surface area (Å²) >= 11 is 0. The van der Waals surface area contributed by atoms with E-state index in [1.54, 1.807) is 13.1 Å². The summed E-state index contributed by atoms with van der Waals surface area (Å²) in [6, 6.07) is 1.53. The van der Waals surface area contributed by atoms with Gasteiger partial charge in [-0.2, -0.15) is 5.10 Å². The van der Waals surface area contributed by atoms with Crippen molar-refractivity contribution in [1.29, 1.82) is 0 Å². The zero-order valence-electron chi connectivity index (χ0n) is 11.3. The van der Waals surface area contributed by atoms with Gasteiger partial charge in [0.1, 0.15) is 0 Å². The van der Waals surface area contributed by atoms with E-state index in [0.717, 1.165) is 0 Å². The minimum atomic E-state index is -0.249. The van der Waals surface area contributed by atoms with Gasteiger partial charge in [-0.3, -0.25) is 4.79 Å². The molecule has 0 saturated heterocycles. The Morgan fingerprint density at radius 2 is 2.28 bits per heavy atom. The quantitative estimate of drug-likeness (QED) is 0.779. The smallest absolute Gasteiger partial charge is 0.272 e. The Morgan fingerprint density at radius 1 is 1.61 bits per heavy atom. The summed E-state index contributed by atoms with van der Waals surface area (Å²) in [5.41, 5.74) is 0.318. The second-order valence-electron chi connectivity index (χ2n) is 4.53. The van der Waals surface area contributed by atoms with E-state index in [0.29, 0.717) is 18.0 Å². The molecule has 0 aliphatic rings. The monoisotopic (exact) mass is 255 g/mol. The molecule has 6 nitrogen and oxygen atoms in total. The number of methoxy groups -OCH3 is 1. The fourth-order valence-electron chi connectivity index (χ4n) is 1.71. The maximum atomic E-state index is 12.0. The number of carbonyl (C=O) groups is 1. The van der Waals surface area contributed by atoms with Gasteiger partial charge in [0.25, 0.3) is 5.91 Å². The van der Waals surface area contributed by atoms with Crippen LogP contribution in [0.4, 0.5) is 0 Å². The first-order valence-corrected chi connectivity index (χ1v) is 5.99. The molecule has 0 aromatic carbocycles. The maximum absolute atomic E-state index is 12.0. The Kier molecular flexibility index (Phi) is 5.15. The molecule has 1 amide bonds. The minimum Gasteiger partial charge on any atom is -0.481 e. The lowest BCUT2D eigenvalue weighted by Gasteiger charge is -2.20. The number of carbonyl (C=O) groups excluding carboxylic acids is 1. The second-order valence-corrected chi connectivity index (χ2v) is 4.53. The summed E-state index contributed by atoms with van der Waals surface area (Å²) in [7, 11) is 3.24. The first-order chi connectivity index (χ1) is 8.49. The molecular formula is C12H21N3O3. The molecule has 1 aromatic rings. The predicted octanol–water partition coefficient (Wildman–Crippen LogP) is 0.565. The van der Waals surface area contributed by atoms with E-state index in [-0.39, 0.29) is 24.5 Å². The highest BCUT2D eigenvalue weighted by Crippen LogP contribution is 2.12. The average molecular weight is 255 g/mol. The number of aryl methyl sites for hydroxylation is 1. The van der Waals surface area contributed by atoms with Gasteiger partial charge >= 0.3 is 0 Å². The van der Waals surface area contributed by atoms with Crippen molar-refractivity contribution in [1.82, 2.24) is 15.1 Å². The van der Waals surface area contributed by atoms with E-state index in [1.807, 2.05) is 13.8 Å². The van der Waals surface area contributed by atoms with Crippen LogP contribution in [0.15, 0.2) is 6.07 Å². The first kappa shape index (κ1) is 14.5. The SMILES string of the molecule is COc1cc(C(=O)NC(CCO)C(C)C)nn1C. The van der Waals surface area contributed by atoms with Crippen LogP contribution in [0.2, 0.25) is 0 Å². The van der Waals surface area contributed by atoms with E-state index in [1.165, 1.54) is 11.8 Å². The van der Waals surface area contributed by atoms with Crippen molar-refractivity contribution in [2.75, 3.05) is 13.7 Å². The molecule has 102 valence electrons. The Hall–Kier alpha value is -1.56. The molecule has 0 aliphatic heterocycles. The van der Waals surface area contributed by atoms with Crippen molar-refractivity contribution in [2.45, 2.75) is 26.3 Å². The summed E-state index contributed by atoms with van der Waals surface area (Å²) in [5, 5.41) is 15.9. The van der Waals surface area contributed by atoms with Crippen molar-refractivity contribution in [3.63, 3.8) is 0 Å². The third-order valence-corrected chi connectivity index (χ3v) is 2.84. The molecule has 0 aliphatic carbocycles. The van der Waals surface area contributed by atoms with Gasteiger partial charge in [0.2, 0.25) is 5.88 Å². The summed E-state index contributed by atoms with van der Waals surface area (Å²) in [6.07, 6.45) is 0.535. The number of aromatic nitrogens is 2. The summed E-state index contributed by atoms with van der Waals surface area (Å²) in [4.78, 5) is 12.0. The van der Waals surface area contributed by atoms with Gasteiger partial charge in [-0.1, -0.05) is 13.8 Å². The van der Waals surface area contributed by atoms with Gasteiger partial charge in [0, 0.05) is 25.8 Å². The Bertz CT molecular complexity index is 401. The lowest BCUT2D eigenvalue weighted by atomic mass is 10.0. The highest BCUT2D eigenvalue weighted by Gasteiger charge is 2.19. The van der Waals surface area contributed by atoms with Gasteiger partial charge in [0.05, 0.1) is 7.11 Å². The van der Waals surface area contributed by atoms with Crippen molar-refractivity contribution >= 4 is 5.91 Å². The molecule has 1 unspecified atom stereocenters. The largest absolute Gasteiger partial charge is 0.481 e. The number of hydrogen-bond acceptors (Lipinski definition) is 4. The highest BCUT2D eigenvalue weighted by atomic mass is 16.5. The average Bonchev–Trinajstić information content (AvgIpc) is 2.69. The lowest BCUT2D eigenvalue weighted by molar-refractivity contribution is 0.0911. The molecule has 1 rings (SSSR count). The van der Waals surface area contributed by atoms with E-state index in [4.69, 9.17) is 9.84 Å². The number of ether oxygens (including phenoxy) is 1. The van der Waals surface area contributed by atoms with Crippen LogP contribution >= 0.6 is 0 Å². The molecule has 1 aromatic heterocycles. The van der Waals surface area contributed by atoms with Gasteiger partial charge in [0.15, 0.2) is 5.69 Å². The number of aliphatic hydroxyl groups is 1. The number of rotatable bonds is 6. The molecule has 18 heavy (non-hydrogen) atoms. The molecule has 0 bridgehead atoms. The van der Waals surface area contributed by atoms with Crippen LogP contribution in [0.25, 0.3) is 0 Å². The molecule has 0 spiro atoms. The molecule has 0 saturated carbocycles. The Balaban J connectivity index is 2.73. The number of hydrogen-bond donors (Lipinski definition) is 2. The Labute approximate surface area is 107 Å². The fourth-order valence-corrected chi connectivity index (χ4v) is 1.71. The molecule has 2 N–H and O–H groups in total. The van der Waals surface area contributed by atoms with Crippen LogP contribution in [0, 0.1) is 5.92 Å². The van der Waals surface area contributed by atoms with Crippen molar-refractivity contribution in [3.05, 3.63) is 11.8 Å². The number of nitrogens with zero attached hydrogens (tertiary/aromatic N) is 2. The van der Waals surface area contributed by atoms with Crippen LogP contribution in [0.1, 0.15) is 30.8 Å². The zero-order chi connectivity index (χ0) is 13.7. The maximum Gasteiger partial charge on any atom is 0.272 e. The number of aliphatic hydroxyl groups excluding tert-OH is 1. The number of nitrogens with one attached hydrogen (secondary N) is 1. The van der Waals surface area contributed by atoms with E-state index in [2.05, 4.69) is 10.4 Å². The van der Waals surface area contributed by atoms with E-state index >= 15 is 0 Å². The molecular weight excluding hydrogens is 234 g/mol. The third kappa shape index (κ3) is 3.46. The predicted molar refractivity (Wildman–Crippen MR) is 67.6 cm³/mol. The number of amides is 1. The lowest BCUT2D eigenvalue weighted by Crippen LogP contribution is -2.39. The standard InChI is InChI=1S/C12H21N3O3/c1-8(2)9(5-6-16)13-12(17)10-7-11(18-4)15(3)14-10/h7-9,16H,5-6H2,1-4H3,(H,13,17). The third-order valence-electron chi connectivity index (χ3n) is 2.84. The van der Waals surface area contributed by atoms with Crippen molar-refractivity contribution in [3.8, 4) is 5.88 Å². The molecule has 6 heteroatoms.